The number of esters is 3. The number of carbonyl (C=O) groups is 4. The van der Waals surface area contributed by atoms with Gasteiger partial charge in [-0.25, -0.2) is 4.79 Å². The second-order valence-electron chi connectivity index (χ2n) is 9.37. The zero-order valence-electron chi connectivity index (χ0n) is 22.9. The molecule has 0 bridgehead atoms. The summed E-state index contributed by atoms with van der Waals surface area (Å²) in [5.74, 6) is -2.38. The molecule has 0 saturated carbocycles. The summed E-state index contributed by atoms with van der Waals surface area (Å²) in [6.45, 7) is 2.94. The number of carbonyl (C=O) groups excluding carboxylic acids is 4. The van der Waals surface area contributed by atoms with E-state index in [1.54, 1.807) is 36.4 Å². The van der Waals surface area contributed by atoms with E-state index in [9.17, 15) is 24.0 Å². The van der Waals surface area contributed by atoms with Gasteiger partial charge in [-0.3, -0.25) is 19.2 Å². The highest BCUT2D eigenvalue weighted by atomic mass is 35.5. The first-order valence-electron chi connectivity index (χ1n) is 13.4. The third-order valence-corrected chi connectivity index (χ3v) is 6.26. The number of H-pyrrole nitrogens is 1. The third-order valence-electron chi connectivity index (χ3n) is 6.00. The van der Waals surface area contributed by atoms with E-state index < -0.39 is 42.6 Å². The van der Waals surface area contributed by atoms with Crippen LogP contribution in [0, 0.1) is 0 Å². The zero-order valence-corrected chi connectivity index (χ0v) is 23.7. The number of benzene rings is 2. The molecule has 0 radical (unpaired) electrons. The quantitative estimate of drug-likeness (QED) is 0.213. The maximum absolute atomic E-state index is 13.4. The monoisotopic (exact) mass is 584 g/mol. The van der Waals surface area contributed by atoms with Crippen LogP contribution >= 0.6 is 11.6 Å². The van der Waals surface area contributed by atoms with Gasteiger partial charge in [0.15, 0.2) is 6.10 Å². The molecule has 218 valence electrons. The number of nitrogens with one attached hydrogen (secondary N) is 2. The maximum atomic E-state index is 13.4. The standard InChI is InChI=1S/C30H33ClN2O8/c1-3-7-27(35)39-17-22(41-28(36)8-4-2)18-40-30(38)25(33-29(37)19-11-13-21(31)14-12-19)15-20-16-26(34)32-24-10-6-5-9-23(20)24/h5-6,9-14,16,22,25H,3-4,7-8,15,17-18H2,1-2H3,(H,32,34)(H,33,37). The highest BCUT2D eigenvalue weighted by Crippen LogP contribution is 2.18. The highest BCUT2D eigenvalue weighted by molar-refractivity contribution is 6.30. The Balaban J connectivity index is 1.82. The van der Waals surface area contributed by atoms with Crippen molar-refractivity contribution in [1.29, 1.82) is 0 Å². The average molecular weight is 585 g/mol. The molecule has 0 aliphatic rings. The minimum absolute atomic E-state index is 0.0611. The number of hydrogen-bond donors (Lipinski definition) is 2. The van der Waals surface area contributed by atoms with Crippen LogP contribution in [0.3, 0.4) is 0 Å². The smallest absolute Gasteiger partial charge is 0.329 e. The molecular formula is C30H33ClN2O8. The summed E-state index contributed by atoms with van der Waals surface area (Å²) < 4.78 is 16.0. The lowest BCUT2D eigenvalue weighted by Gasteiger charge is -2.22. The predicted octanol–water partition coefficient (Wildman–Crippen LogP) is 4.12. The van der Waals surface area contributed by atoms with Crippen molar-refractivity contribution in [3.8, 4) is 0 Å². The molecule has 2 atom stereocenters. The van der Waals surface area contributed by atoms with Gasteiger partial charge in [0.2, 0.25) is 5.56 Å². The van der Waals surface area contributed by atoms with Crippen LogP contribution < -0.4 is 10.9 Å². The molecule has 2 unspecified atom stereocenters. The minimum atomic E-state index is -1.21. The van der Waals surface area contributed by atoms with Gasteiger partial charge in [-0.15, -0.1) is 0 Å². The van der Waals surface area contributed by atoms with Crippen LogP contribution in [0.1, 0.15) is 55.5 Å². The third kappa shape index (κ3) is 9.75. The number of ether oxygens (including phenoxy) is 3. The van der Waals surface area contributed by atoms with Crippen molar-refractivity contribution >= 4 is 46.3 Å². The minimum Gasteiger partial charge on any atom is -0.462 e. The summed E-state index contributed by atoms with van der Waals surface area (Å²) in [7, 11) is 0. The molecule has 41 heavy (non-hydrogen) atoms. The Labute approximate surface area is 242 Å². The molecule has 10 nitrogen and oxygen atoms in total. The Kier molecular flexibility index (Phi) is 11.9. The predicted molar refractivity (Wildman–Crippen MR) is 153 cm³/mol. The summed E-state index contributed by atoms with van der Waals surface area (Å²) in [5.41, 5.74) is 0.980. The lowest BCUT2D eigenvalue weighted by molar-refractivity contribution is -0.167. The molecule has 2 aromatic carbocycles. The van der Waals surface area contributed by atoms with E-state index in [0.717, 1.165) is 0 Å². The van der Waals surface area contributed by atoms with E-state index in [4.69, 9.17) is 25.8 Å². The van der Waals surface area contributed by atoms with E-state index in [1.807, 2.05) is 13.8 Å². The normalized spacial score (nSPS) is 12.3. The Morgan fingerprint density at radius 2 is 1.56 bits per heavy atom. The van der Waals surface area contributed by atoms with Crippen molar-refractivity contribution in [1.82, 2.24) is 10.3 Å². The van der Waals surface area contributed by atoms with Crippen molar-refractivity contribution in [3.63, 3.8) is 0 Å². The Hall–Kier alpha value is -4.18. The van der Waals surface area contributed by atoms with Crippen LogP contribution in [0.25, 0.3) is 10.9 Å². The Bertz CT molecular complexity index is 1420. The second-order valence-corrected chi connectivity index (χ2v) is 9.80. The van der Waals surface area contributed by atoms with Gasteiger partial charge in [0.05, 0.1) is 0 Å². The first-order valence-corrected chi connectivity index (χ1v) is 13.8. The molecule has 1 heterocycles. The maximum Gasteiger partial charge on any atom is 0.329 e. The van der Waals surface area contributed by atoms with Crippen LogP contribution in [0.4, 0.5) is 0 Å². The summed E-state index contributed by atoms with van der Waals surface area (Å²) in [6, 6.07) is 13.3. The topological polar surface area (TPSA) is 141 Å². The van der Waals surface area contributed by atoms with Crippen molar-refractivity contribution in [2.75, 3.05) is 13.2 Å². The largest absolute Gasteiger partial charge is 0.462 e. The SMILES string of the molecule is CCCC(=O)OCC(COC(=O)C(Cc1cc(=O)[nH]c2ccccc12)NC(=O)c1ccc(Cl)cc1)OC(=O)CCC. The van der Waals surface area contributed by atoms with Crippen molar-refractivity contribution < 1.29 is 33.4 Å². The molecule has 3 rings (SSSR count). The van der Waals surface area contributed by atoms with E-state index in [-0.39, 0.29) is 37.0 Å². The van der Waals surface area contributed by atoms with Gasteiger partial charge in [0, 0.05) is 46.8 Å². The summed E-state index contributed by atoms with van der Waals surface area (Å²) in [4.78, 5) is 65.4. The number of rotatable bonds is 14. The van der Waals surface area contributed by atoms with Gasteiger partial charge in [-0.05, 0) is 48.7 Å². The number of aromatic amines is 1. The van der Waals surface area contributed by atoms with E-state index >= 15 is 0 Å². The van der Waals surface area contributed by atoms with Crippen LogP contribution in [-0.2, 0) is 35.0 Å². The number of amides is 1. The molecule has 0 aliphatic heterocycles. The average Bonchev–Trinajstić information content (AvgIpc) is 2.94. The molecular weight excluding hydrogens is 552 g/mol. The lowest BCUT2D eigenvalue weighted by atomic mass is 10.0. The van der Waals surface area contributed by atoms with E-state index in [0.29, 0.717) is 34.3 Å². The second kappa shape index (κ2) is 15.6. The molecule has 11 heteroatoms. The first-order chi connectivity index (χ1) is 19.7. The fourth-order valence-electron chi connectivity index (χ4n) is 4.00. The number of aromatic nitrogens is 1. The first kappa shape index (κ1) is 31.3. The molecule has 0 aliphatic carbocycles. The van der Waals surface area contributed by atoms with Gasteiger partial charge < -0.3 is 24.5 Å². The lowest BCUT2D eigenvalue weighted by Crippen LogP contribution is -2.44. The summed E-state index contributed by atoms with van der Waals surface area (Å²) in [6.07, 6.45) is 0.367. The van der Waals surface area contributed by atoms with Crippen molar-refractivity contribution in [2.45, 2.75) is 58.1 Å². The Morgan fingerprint density at radius 1 is 0.902 bits per heavy atom. The van der Waals surface area contributed by atoms with Crippen LogP contribution in [0.15, 0.2) is 59.4 Å². The molecule has 0 saturated heterocycles. The van der Waals surface area contributed by atoms with Crippen LogP contribution in [0.5, 0.6) is 0 Å². The van der Waals surface area contributed by atoms with Crippen molar-refractivity contribution in [3.05, 3.63) is 81.1 Å². The fraction of sp³-hybridized carbons (Fsp3) is 0.367. The van der Waals surface area contributed by atoms with Gasteiger partial charge in [0.25, 0.3) is 5.91 Å². The molecule has 0 spiro atoms. The molecule has 3 aromatic rings. The van der Waals surface area contributed by atoms with Gasteiger partial charge in [-0.1, -0.05) is 43.6 Å². The van der Waals surface area contributed by atoms with Gasteiger partial charge in [0.1, 0.15) is 19.3 Å². The van der Waals surface area contributed by atoms with Gasteiger partial charge in [-0.2, -0.15) is 0 Å². The molecule has 0 fully saturated rings. The highest BCUT2D eigenvalue weighted by Gasteiger charge is 2.27. The number of para-hydroxylation sites is 1. The number of halogens is 1. The Morgan fingerprint density at radius 3 is 2.27 bits per heavy atom. The van der Waals surface area contributed by atoms with Gasteiger partial charge >= 0.3 is 17.9 Å². The van der Waals surface area contributed by atoms with Crippen LogP contribution in [-0.4, -0.2) is 54.2 Å². The number of hydrogen-bond acceptors (Lipinski definition) is 8. The summed E-state index contributed by atoms with van der Waals surface area (Å²) >= 11 is 5.93. The fourth-order valence-corrected chi connectivity index (χ4v) is 4.13. The van der Waals surface area contributed by atoms with Crippen LogP contribution in [0.2, 0.25) is 5.02 Å². The van der Waals surface area contributed by atoms with E-state index in [2.05, 4.69) is 10.3 Å². The summed E-state index contributed by atoms with van der Waals surface area (Å²) in [5, 5.41) is 3.81. The molecule has 1 aromatic heterocycles. The zero-order chi connectivity index (χ0) is 29.8. The molecule has 1 amide bonds. The van der Waals surface area contributed by atoms with E-state index in [1.165, 1.54) is 18.2 Å². The van der Waals surface area contributed by atoms with Crippen molar-refractivity contribution in [2.24, 2.45) is 0 Å². The number of fused-ring (bicyclic) bond motifs is 1. The number of pyridine rings is 1. The molecule has 2 N–H and O–H groups in total.